The molecule has 0 aliphatic carbocycles. The highest BCUT2D eigenvalue weighted by Gasteiger charge is 2.63. The van der Waals surface area contributed by atoms with E-state index in [0.717, 1.165) is 6.20 Å². The molecule has 3 atom stereocenters. The molecule has 1 saturated heterocycles. The Hall–Kier alpha value is -3.64. The molecule has 1 aliphatic heterocycles. The van der Waals surface area contributed by atoms with Gasteiger partial charge in [-0.2, -0.15) is 8.78 Å². The molecule has 0 bridgehead atoms. The first-order valence-electron chi connectivity index (χ1n) is 10.2. The Kier molecular flexibility index (Phi) is 6.94. The molecule has 1 aromatic heterocycles. The van der Waals surface area contributed by atoms with Crippen molar-refractivity contribution in [3.63, 3.8) is 0 Å². The van der Waals surface area contributed by atoms with E-state index < -0.39 is 54.2 Å². The number of nitrogens with one attached hydrogen (secondary N) is 1. The van der Waals surface area contributed by atoms with Crippen molar-refractivity contribution in [2.75, 3.05) is 6.61 Å². The molecule has 1 aliphatic rings. The first-order chi connectivity index (χ1) is 16.7. The molecular formula is C23H17BrF2N2O7. The normalized spacial score (nSPS) is 20.8. The van der Waals surface area contributed by atoms with Gasteiger partial charge in [0.15, 0.2) is 6.10 Å². The molecular weight excluding hydrogens is 534 g/mol. The van der Waals surface area contributed by atoms with Gasteiger partial charge in [0.1, 0.15) is 12.7 Å². The number of benzene rings is 2. The molecule has 4 rings (SSSR count). The SMILES string of the molecule is O=C(OC[C@@H]1OC(n2cc(Br)c(=O)[nH]c2=O)C(F)(F)[C@H]1OC(=O)c1ccccc1)c1ccccc1. The molecule has 0 saturated carbocycles. The second-order valence-electron chi connectivity index (χ2n) is 7.50. The summed E-state index contributed by atoms with van der Waals surface area (Å²) in [5, 5.41) is 0. The quantitative estimate of drug-likeness (QED) is 0.469. The third-order valence-corrected chi connectivity index (χ3v) is 5.72. The topological polar surface area (TPSA) is 117 Å². The van der Waals surface area contributed by atoms with E-state index in [4.69, 9.17) is 14.2 Å². The largest absolute Gasteiger partial charge is 0.459 e. The van der Waals surface area contributed by atoms with Crippen LogP contribution in [0.2, 0.25) is 0 Å². The van der Waals surface area contributed by atoms with Gasteiger partial charge >= 0.3 is 23.6 Å². The third kappa shape index (κ3) is 5.08. The molecule has 1 N–H and O–H groups in total. The number of esters is 2. The monoisotopic (exact) mass is 550 g/mol. The number of hydrogen-bond acceptors (Lipinski definition) is 7. The van der Waals surface area contributed by atoms with E-state index in [1.165, 1.54) is 36.4 Å². The zero-order valence-electron chi connectivity index (χ0n) is 17.7. The van der Waals surface area contributed by atoms with Crippen LogP contribution in [0.3, 0.4) is 0 Å². The van der Waals surface area contributed by atoms with Crippen LogP contribution in [0.25, 0.3) is 0 Å². The Balaban J connectivity index is 1.64. The standard InChI is InChI=1S/C23H17BrF2N2O7/c24-15-11-28(22(32)27-18(15)29)21-23(25,26)17(35-20(31)14-9-5-2-6-10-14)16(34-21)12-33-19(30)13-7-3-1-4-8-13/h1-11,16-17,21H,12H2,(H,27,29,32)/t16-,17-,21?/m0/s1. The average Bonchev–Trinajstić information content (AvgIpc) is 3.10. The maximum Gasteiger partial charge on any atom is 0.338 e. The van der Waals surface area contributed by atoms with E-state index in [1.54, 1.807) is 24.3 Å². The van der Waals surface area contributed by atoms with Gasteiger partial charge in [-0.15, -0.1) is 0 Å². The highest BCUT2D eigenvalue weighted by Crippen LogP contribution is 2.44. The van der Waals surface area contributed by atoms with Gasteiger partial charge in [-0.1, -0.05) is 36.4 Å². The lowest BCUT2D eigenvalue weighted by Crippen LogP contribution is -2.45. The molecule has 1 unspecified atom stereocenters. The zero-order valence-corrected chi connectivity index (χ0v) is 19.3. The summed E-state index contributed by atoms with van der Waals surface area (Å²) in [6.07, 6.45) is -5.28. The predicted molar refractivity (Wildman–Crippen MR) is 120 cm³/mol. The predicted octanol–water partition coefficient (Wildman–Crippen LogP) is 2.91. The van der Waals surface area contributed by atoms with Gasteiger partial charge in [-0.05, 0) is 40.2 Å². The molecule has 0 amide bonds. The number of aromatic nitrogens is 2. The Morgan fingerprint density at radius 3 is 2.17 bits per heavy atom. The van der Waals surface area contributed by atoms with E-state index in [2.05, 4.69) is 15.9 Å². The Bertz CT molecular complexity index is 1350. The van der Waals surface area contributed by atoms with Crippen molar-refractivity contribution in [2.45, 2.75) is 24.4 Å². The van der Waals surface area contributed by atoms with Crippen LogP contribution in [0.5, 0.6) is 0 Å². The second kappa shape index (κ2) is 9.92. The van der Waals surface area contributed by atoms with Crippen molar-refractivity contribution in [1.29, 1.82) is 0 Å². The number of halogens is 3. The summed E-state index contributed by atoms with van der Waals surface area (Å²) in [6, 6.07) is 15.3. The average molecular weight is 551 g/mol. The summed E-state index contributed by atoms with van der Waals surface area (Å²) in [6.45, 7) is -0.703. The first-order valence-corrected chi connectivity index (χ1v) is 11.0. The van der Waals surface area contributed by atoms with E-state index >= 15 is 8.78 Å². The highest BCUT2D eigenvalue weighted by molar-refractivity contribution is 9.10. The van der Waals surface area contributed by atoms with Crippen molar-refractivity contribution in [1.82, 2.24) is 9.55 Å². The molecule has 0 spiro atoms. The lowest BCUT2D eigenvalue weighted by atomic mass is 10.1. The molecule has 1 fully saturated rings. The minimum Gasteiger partial charge on any atom is -0.459 e. The lowest BCUT2D eigenvalue weighted by Gasteiger charge is -2.24. The number of ether oxygens (including phenoxy) is 3. The minimum absolute atomic E-state index is 0.00994. The van der Waals surface area contributed by atoms with Gasteiger partial charge in [0, 0.05) is 6.20 Å². The molecule has 182 valence electrons. The highest BCUT2D eigenvalue weighted by atomic mass is 79.9. The number of nitrogens with zero attached hydrogens (tertiary/aromatic N) is 1. The number of aromatic amines is 1. The van der Waals surface area contributed by atoms with Gasteiger partial charge in [0.05, 0.1) is 15.6 Å². The van der Waals surface area contributed by atoms with Crippen LogP contribution < -0.4 is 11.2 Å². The number of rotatable bonds is 6. The van der Waals surface area contributed by atoms with Gasteiger partial charge in [0.2, 0.25) is 6.23 Å². The molecule has 2 aromatic carbocycles. The van der Waals surface area contributed by atoms with Crippen LogP contribution in [0.1, 0.15) is 26.9 Å². The molecule has 9 nitrogen and oxygen atoms in total. The number of alkyl halides is 2. The Labute approximate surface area is 204 Å². The minimum atomic E-state index is -3.95. The Morgan fingerprint density at radius 2 is 1.57 bits per heavy atom. The smallest absolute Gasteiger partial charge is 0.338 e. The van der Waals surface area contributed by atoms with Crippen molar-refractivity contribution in [3.8, 4) is 0 Å². The molecule has 35 heavy (non-hydrogen) atoms. The fourth-order valence-electron chi connectivity index (χ4n) is 3.46. The van der Waals surface area contributed by atoms with Crippen molar-refractivity contribution >= 4 is 27.9 Å². The fraction of sp³-hybridized carbons (Fsp3) is 0.217. The van der Waals surface area contributed by atoms with Crippen LogP contribution >= 0.6 is 15.9 Å². The first kappa shape index (κ1) is 24.5. The summed E-state index contributed by atoms with van der Waals surface area (Å²) >= 11 is 2.88. The summed E-state index contributed by atoms with van der Waals surface area (Å²) in [7, 11) is 0. The maximum atomic E-state index is 15.5. The van der Waals surface area contributed by atoms with Crippen LogP contribution in [0.15, 0.2) is 80.9 Å². The van der Waals surface area contributed by atoms with Crippen LogP contribution in [-0.4, -0.2) is 46.2 Å². The number of carbonyl (C=O) groups excluding carboxylic acids is 2. The summed E-state index contributed by atoms with van der Waals surface area (Å²) in [4.78, 5) is 50.7. The van der Waals surface area contributed by atoms with E-state index in [0.29, 0.717) is 4.57 Å². The van der Waals surface area contributed by atoms with Crippen LogP contribution in [-0.2, 0) is 14.2 Å². The van der Waals surface area contributed by atoms with Crippen molar-refractivity contribution in [3.05, 3.63) is 103 Å². The summed E-state index contributed by atoms with van der Waals surface area (Å²) in [5.41, 5.74) is -1.81. The maximum absolute atomic E-state index is 15.5. The van der Waals surface area contributed by atoms with Crippen LogP contribution in [0, 0.1) is 0 Å². The zero-order chi connectivity index (χ0) is 25.2. The van der Waals surface area contributed by atoms with Crippen molar-refractivity contribution < 1.29 is 32.6 Å². The summed E-state index contributed by atoms with van der Waals surface area (Å²) in [5.74, 6) is -5.82. The number of H-pyrrole nitrogens is 1. The van der Waals surface area contributed by atoms with Crippen LogP contribution in [0.4, 0.5) is 8.78 Å². The second-order valence-corrected chi connectivity index (χ2v) is 8.36. The molecule has 12 heteroatoms. The molecule has 0 radical (unpaired) electrons. The van der Waals surface area contributed by atoms with Gasteiger partial charge in [0.25, 0.3) is 5.56 Å². The van der Waals surface area contributed by atoms with E-state index in [-0.39, 0.29) is 15.6 Å². The third-order valence-electron chi connectivity index (χ3n) is 5.16. The molecule has 2 heterocycles. The molecule has 3 aromatic rings. The van der Waals surface area contributed by atoms with Gasteiger partial charge in [-0.25, -0.2) is 14.4 Å². The summed E-state index contributed by atoms with van der Waals surface area (Å²) < 4.78 is 47.0. The Morgan fingerprint density at radius 1 is 1.00 bits per heavy atom. The fourth-order valence-corrected chi connectivity index (χ4v) is 3.78. The van der Waals surface area contributed by atoms with E-state index in [1.807, 2.05) is 4.98 Å². The van der Waals surface area contributed by atoms with E-state index in [9.17, 15) is 19.2 Å². The van der Waals surface area contributed by atoms with Crippen molar-refractivity contribution in [2.24, 2.45) is 0 Å². The van der Waals surface area contributed by atoms with Gasteiger partial charge < -0.3 is 14.2 Å². The number of carbonyl (C=O) groups is 2. The number of hydrogen-bond donors (Lipinski definition) is 1. The lowest BCUT2D eigenvalue weighted by molar-refractivity contribution is -0.142. The van der Waals surface area contributed by atoms with Gasteiger partial charge in [-0.3, -0.25) is 14.3 Å².